The quantitative estimate of drug-likeness (QED) is 0.0222. The maximum Gasteiger partial charge on any atom is 0.459 e. The van der Waals surface area contributed by atoms with Crippen molar-refractivity contribution in [3.8, 4) is 5.75 Å². The van der Waals surface area contributed by atoms with Gasteiger partial charge >= 0.3 is 13.7 Å². The summed E-state index contributed by atoms with van der Waals surface area (Å²) < 4.78 is 104. The van der Waals surface area contributed by atoms with Gasteiger partial charge in [-0.15, -0.1) is 0 Å². The minimum Gasteiger partial charge on any atom is -0.464 e. The van der Waals surface area contributed by atoms with E-state index >= 15 is 0 Å². The summed E-state index contributed by atoms with van der Waals surface area (Å²) in [7, 11) is -4.86. The van der Waals surface area contributed by atoms with E-state index in [1.165, 1.54) is 77.6 Å². The summed E-state index contributed by atoms with van der Waals surface area (Å²) in [6.07, 6.45) is 19.1. The van der Waals surface area contributed by atoms with Crippen molar-refractivity contribution in [2.45, 2.75) is 143 Å². The molecule has 0 radical (unpaired) electrons. The molecule has 13 heteroatoms. The SMILES string of the molecule is CCCCCCCCCCCCCCCCOCCCOP(=O)(N[C@@H](C)C(=O)OCC(CC)CC)Oc1c(F)c(F)c(F)c(F)c1F. The minimum atomic E-state index is -4.86. The van der Waals surface area contributed by atoms with Gasteiger partial charge < -0.3 is 14.0 Å². The lowest BCUT2D eigenvalue weighted by molar-refractivity contribution is -0.146. The molecule has 0 bridgehead atoms. The Morgan fingerprint density at radius 2 is 1.11 bits per heavy atom. The van der Waals surface area contributed by atoms with E-state index in [1.54, 1.807) is 0 Å². The van der Waals surface area contributed by atoms with Crippen molar-refractivity contribution in [2.24, 2.45) is 5.92 Å². The Bertz CT molecular complexity index is 1030. The summed E-state index contributed by atoms with van der Waals surface area (Å²) in [5, 5.41) is 2.19. The molecule has 1 rings (SSSR count). The summed E-state index contributed by atoms with van der Waals surface area (Å²) >= 11 is 0. The van der Waals surface area contributed by atoms with Crippen LogP contribution in [0.5, 0.6) is 5.75 Å². The molecule has 0 aliphatic rings. The van der Waals surface area contributed by atoms with Crippen LogP contribution in [0.1, 0.15) is 137 Å². The molecule has 0 aromatic heterocycles. The maximum atomic E-state index is 14.3. The highest BCUT2D eigenvalue weighted by molar-refractivity contribution is 7.52. The molecule has 47 heavy (non-hydrogen) atoms. The van der Waals surface area contributed by atoms with Gasteiger partial charge in [-0.05, 0) is 25.7 Å². The smallest absolute Gasteiger partial charge is 0.459 e. The molecule has 0 aliphatic carbocycles. The molecule has 1 N–H and O–H groups in total. The number of ether oxygens (including phenoxy) is 2. The molecule has 0 saturated carbocycles. The number of rotatable bonds is 29. The Morgan fingerprint density at radius 3 is 1.60 bits per heavy atom. The lowest BCUT2D eigenvalue weighted by Crippen LogP contribution is -2.36. The molecule has 1 aromatic rings. The summed E-state index contributed by atoms with van der Waals surface area (Å²) in [4.78, 5) is 12.5. The van der Waals surface area contributed by atoms with Gasteiger partial charge in [0.05, 0.1) is 13.2 Å². The van der Waals surface area contributed by atoms with Gasteiger partial charge in [-0.2, -0.15) is 13.9 Å². The van der Waals surface area contributed by atoms with E-state index in [2.05, 4.69) is 12.0 Å². The summed E-state index contributed by atoms with van der Waals surface area (Å²) in [6, 6.07) is -1.37. The van der Waals surface area contributed by atoms with Crippen molar-refractivity contribution in [1.82, 2.24) is 5.09 Å². The third-order valence-corrected chi connectivity index (χ3v) is 9.69. The molecule has 7 nitrogen and oxygen atoms in total. The average molecular weight is 702 g/mol. The van der Waals surface area contributed by atoms with E-state index in [0.29, 0.717) is 6.61 Å². The van der Waals surface area contributed by atoms with Gasteiger partial charge in [-0.25, -0.2) is 17.7 Å². The number of halogens is 5. The summed E-state index contributed by atoms with van der Waals surface area (Å²) in [6.45, 7) is 7.79. The Balaban J connectivity index is 2.48. The zero-order valence-corrected chi connectivity index (χ0v) is 29.7. The Morgan fingerprint density at radius 1 is 0.660 bits per heavy atom. The normalized spacial score (nSPS) is 13.6. The topological polar surface area (TPSA) is 83.1 Å². The van der Waals surface area contributed by atoms with Crippen molar-refractivity contribution >= 4 is 13.7 Å². The van der Waals surface area contributed by atoms with Crippen molar-refractivity contribution in [2.75, 3.05) is 26.4 Å². The van der Waals surface area contributed by atoms with Gasteiger partial charge in [0, 0.05) is 13.2 Å². The fraction of sp³-hybridized carbons (Fsp3) is 0.794. The zero-order chi connectivity index (χ0) is 35.1. The predicted octanol–water partition coefficient (Wildman–Crippen LogP) is 10.7. The zero-order valence-electron chi connectivity index (χ0n) is 28.8. The predicted molar refractivity (Wildman–Crippen MR) is 174 cm³/mol. The molecular weight excluding hydrogens is 644 g/mol. The Labute approximate surface area is 278 Å². The number of benzene rings is 1. The minimum absolute atomic E-state index is 0.0815. The molecule has 0 fully saturated rings. The third-order valence-electron chi connectivity index (χ3n) is 8.04. The van der Waals surface area contributed by atoms with Crippen LogP contribution in [0.3, 0.4) is 0 Å². The van der Waals surface area contributed by atoms with Crippen LogP contribution in [-0.2, 0) is 23.4 Å². The highest BCUT2D eigenvalue weighted by Crippen LogP contribution is 2.47. The third kappa shape index (κ3) is 17.5. The lowest BCUT2D eigenvalue weighted by Gasteiger charge is -2.24. The molecule has 2 atom stereocenters. The number of nitrogens with one attached hydrogen (secondary N) is 1. The Kier molecular flexibility index (Phi) is 23.3. The largest absolute Gasteiger partial charge is 0.464 e. The van der Waals surface area contributed by atoms with Crippen molar-refractivity contribution < 1.29 is 49.8 Å². The van der Waals surface area contributed by atoms with Gasteiger partial charge in [0.2, 0.25) is 34.8 Å². The molecule has 0 saturated heterocycles. The van der Waals surface area contributed by atoms with Crippen LogP contribution >= 0.6 is 7.75 Å². The second-order valence-electron chi connectivity index (χ2n) is 12.0. The monoisotopic (exact) mass is 701 g/mol. The second-order valence-corrected chi connectivity index (χ2v) is 13.7. The first-order valence-electron chi connectivity index (χ1n) is 17.5. The van der Waals surface area contributed by atoms with E-state index < -0.39 is 54.6 Å². The fourth-order valence-corrected chi connectivity index (χ4v) is 6.39. The van der Waals surface area contributed by atoms with Crippen LogP contribution < -0.4 is 9.61 Å². The molecule has 0 aliphatic heterocycles. The number of hydrogen-bond acceptors (Lipinski definition) is 6. The molecule has 274 valence electrons. The van der Waals surface area contributed by atoms with Gasteiger partial charge in [0.25, 0.3) is 0 Å². The van der Waals surface area contributed by atoms with Crippen molar-refractivity contribution in [3.05, 3.63) is 29.1 Å². The number of carbonyl (C=O) groups is 1. The van der Waals surface area contributed by atoms with E-state index in [0.717, 1.165) is 32.1 Å². The summed E-state index contributed by atoms with van der Waals surface area (Å²) in [5.41, 5.74) is 0. The van der Waals surface area contributed by atoms with Crippen LogP contribution in [0, 0.1) is 35.0 Å². The number of carbonyl (C=O) groups excluding carboxylic acids is 1. The van der Waals surface area contributed by atoms with E-state index in [4.69, 9.17) is 18.5 Å². The van der Waals surface area contributed by atoms with Crippen LogP contribution in [-0.4, -0.2) is 38.4 Å². The van der Waals surface area contributed by atoms with Gasteiger partial charge in [-0.3, -0.25) is 9.32 Å². The highest BCUT2D eigenvalue weighted by Gasteiger charge is 2.37. The molecule has 0 spiro atoms. The van der Waals surface area contributed by atoms with Gasteiger partial charge in [-0.1, -0.05) is 117 Å². The van der Waals surface area contributed by atoms with Crippen LogP contribution in [0.25, 0.3) is 0 Å². The van der Waals surface area contributed by atoms with E-state index in [-0.39, 0.29) is 32.2 Å². The van der Waals surface area contributed by atoms with Crippen LogP contribution in [0.4, 0.5) is 22.0 Å². The molecular formula is C34H57F5NO6P. The lowest BCUT2D eigenvalue weighted by atomic mass is 10.0. The number of esters is 1. The van der Waals surface area contributed by atoms with Gasteiger partial charge in [0.1, 0.15) is 6.04 Å². The number of unbranched alkanes of at least 4 members (excludes halogenated alkanes) is 13. The standard InChI is InChI=1S/C34H57F5NO6P/c1-5-8-9-10-11-12-13-14-15-16-17-18-19-20-22-43-23-21-24-45-47(42,40-26(4)34(41)44-25-27(6-2)7-3)46-33-31(38)29(36)28(35)30(37)32(33)39/h26-27H,5-25H2,1-4H3,(H,40,42)/t26-,47?/m0/s1. The first-order valence-corrected chi connectivity index (χ1v) is 19.0. The van der Waals surface area contributed by atoms with Crippen molar-refractivity contribution in [3.63, 3.8) is 0 Å². The Hall–Kier alpha value is -1.75. The van der Waals surface area contributed by atoms with Crippen molar-refractivity contribution in [1.29, 1.82) is 0 Å². The second kappa shape index (κ2) is 25.3. The fourth-order valence-electron chi connectivity index (χ4n) is 4.86. The summed E-state index contributed by atoms with van der Waals surface area (Å²) in [5.74, 6) is -14.2. The maximum absolute atomic E-state index is 14.3. The van der Waals surface area contributed by atoms with Crippen LogP contribution in [0.2, 0.25) is 0 Å². The molecule has 0 amide bonds. The first kappa shape index (κ1) is 43.3. The van der Waals surface area contributed by atoms with Gasteiger partial charge in [0.15, 0.2) is 0 Å². The first-order chi connectivity index (χ1) is 22.5. The average Bonchev–Trinajstić information content (AvgIpc) is 3.06. The molecule has 1 aromatic carbocycles. The highest BCUT2D eigenvalue weighted by atomic mass is 31.2. The molecule has 1 unspecified atom stereocenters. The van der Waals surface area contributed by atoms with E-state index in [9.17, 15) is 31.3 Å². The number of hydrogen-bond donors (Lipinski definition) is 1. The van der Waals surface area contributed by atoms with E-state index in [1.807, 2.05) is 13.8 Å². The molecule has 0 heterocycles. The van der Waals surface area contributed by atoms with Crippen LogP contribution in [0.15, 0.2) is 0 Å².